The van der Waals surface area contributed by atoms with Crippen molar-refractivity contribution < 1.29 is 23.9 Å². The minimum Gasteiger partial charge on any atom is -0.497 e. The molecule has 0 radical (unpaired) electrons. The fourth-order valence-electron chi connectivity index (χ4n) is 3.53. The van der Waals surface area contributed by atoms with Gasteiger partial charge >= 0.3 is 6.03 Å². The quantitative estimate of drug-likeness (QED) is 0.494. The molecular formula is C24H21N3O5. The Labute approximate surface area is 184 Å². The molecule has 1 saturated heterocycles. The third-order valence-electron chi connectivity index (χ3n) is 5.16. The van der Waals surface area contributed by atoms with Gasteiger partial charge in [-0.25, -0.2) is 9.69 Å². The Morgan fingerprint density at radius 2 is 1.34 bits per heavy atom. The van der Waals surface area contributed by atoms with Crippen LogP contribution in [0.1, 0.15) is 11.4 Å². The molecule has 2 aromatic carbocycles. The number of methoxy groups -OCH3 is 2. The number of hydrogen-bond acceptors (Lipinski definition) is 5. The van der Waals surface area contributed by atoms with Gasteiger partial charge in [0.25, 0.3) is 11.8 Å². The first-order chi connectivity index (χ1) is 15.4. The van der Waals surface area contributed by atoms with Crippen LogP contribution in [0.15, 0.2) is 66.2 Å². The van der Waals surface area contributed by atoms with Gasteiger partial charge in [-0.1, -0.05) is 0 Å². The number of imide groups is 2. The van der Waals surface area contributed by atoms with Crippen LogP contribution < -0.4 is 19.7 Å². The maximum Gasteiger partial charge on any atom is 0.335 e. The summed E-state index contributed by atoms with van der Waals surface area (Å²) in [7, 11) is 3.11. The predicted molar refractivity (Wildman–Crippen MR) is 119 cm³/mol. The van der Waals surface area contributed by atoms with Gasteiger partial charge in [0.1, 0.15) is 17.1 Å². The molecule has 1 fully saturated rings. The van der Waals surface area contributed by atoms with Crippen LogP contribution >= 0.6 is 0 Å². The van der Waals surface area contributed by atoms with E-state index in [9.17, 15) is 14.4 Å². The summed E-state index contributed by atoms with van der Waals surface area (Å²) >= 11 is 0. The molecule has 4 amide bonds. The SMILES string of the molecule is COc1ccc(N2C(=O)NC(=O)/C(=C\c3ccc(C)n3-c3ccc(OC)cc3)C2=O)cc1. The molecule has 1 aromatic heterocycles. The first-order valence-electron chi connectivity index (χ1n) is 9.81. The van der Waals surface area contributed by atoms with E-state index in [1.54, 1.807) is 37.4 Å². The van der Waals surface area contributed by atoms with Crippen LogP contribution in [-0.2, 0) is 9.59 Å². The summed E-state index contributed by atoms with van der Waals surface area (Å²) in [5.41, 5.74) is 2.55. The molecule has 1 aliphatic rings. The van der Waals surface area contributed by atoms with Crippen molar-refractivity contribution in [3.05, 3.63) is 77.6 Å². The van der Waals surface area contributed by atoms with Crippen molar-refractivity contribution in [3.8, 4) is 17.2 Å². The number of urea groups is 1. The fourth-order valence-corrected chi connectivity index (χ4v) is 3.53. The van der Waals surface area contributed by atoms with Crippen LogP contribution in [0.2, 0.25) is 0 Å². The number of rotatable bonds is 5. The van der Waals surface area contributed by atoms with Crippen molar-refractivity contribution in [2.75, 3.05) is 19.1 Å². The average molecular weight is 431 g/mol. The van der Waals surface area contributed by atoms with E-state index in [-0.39, 0.29) is 5.57 Å². The molecule has 4 rings (SSSR count). The van der Waals surface area contributed by atoms with Crippen LogP contribution in [0.3, 0.4) is 0 Å². The third-order valence-corrected chi connectivity index (χ3v) is 5.16. The second-order valence-electron chi connectivity index (χ2n) is 7.09. The molecule has 162 valence electrons. The Hall–Kier alpha value is -4.33. The predicted octanol–water partition coefficient (Wildman–Crippen LogP) is 3.47. The van der Waals surface area contributed by atoms with Crippen LogP contribution in [0, 0.1) is 6.92 Å². The Morgan fingerprint density at radius 1 is 0.781 bits per heavy atom. The van der Waals surface area contributed by atoms with Gasteiger partial charge in [-0.3, -0.25) is 14.9 Å². The summed E-state index contributed by atoms with van der Waals surface area (Å²) in [5.74, 6) is -0.152. The van der Waals surface area contributed by atoms with Gasteiger partial charge in [-0.05, 0) is 73.7 Å². The number of carbonyl (C=O) groups is 3. The number of nitrogens with one attached hydrogen (secondary N) is 1. The summed E-state index contributed by atoms with van der Waals surface area (Å²) in [4.78, 5) is 39.1. The lowest BCUT2D eigenvalue weighted by atomic mass is 10.1. The molecule has 0 spiro atoms. The van der Waals surface area contributed by atoms with Gasteiger partial charge in [0, 0.05) is 17.1 Å². The summed E-state index contributed by atoms with van der Waals surface area (Å²) in [6, 6.07) is 16.7. The normalized spacial score (nSPS) is 15.2. The molecule has 0 aliphatic carbocycles. The van der Waals surface area contributed by atoms with E-state index in [0.717, 1.165) is 16.3 Å². The molecule has 1 N–H and O–H groups in total. The molecule has 0 bridgehead atoms. The van der Waals surface area contributed by atoms with Crippen molar-refractivity contribution >= 4 is 29.6 Å². The highest BCUT2D eigenvalue weighted by atomic mass is 16.5. The number of amides is 4. The van der Waals surface area contributed by atoms with Crippen LogP contribution in [0.5, 0.6) is 11.5 Å². The number of benzene rings is 2. The van der Waals surface area contributed by atoms with Crippen LogP contribution in [-0.4, -0.2) is 36.6 Å². The summed E-state index contributed by atoms with van der Waals surface area (Å²) in [6.45, 7) is 1.92. The van der Waals surface area contributed by atoms with Gasteiger partial charge in [-0.15, -0.1) is 0 Å². The number of aromatic nitrogens is 1. The number of carbonyl (C=O) groups excluding carboxylic acids is 3. The maximum atomic E-state index is 13.2. The van der Waals surface area contributed by atoms with E-state index in [0.29, 0.717) is 22.9 Å². The molecular weight excluding hydrogens is 410 g/mol. The standard InChI is InChI=1S/C24H21N3O5/c1-15-4-5-18(26(15)16-6-10-19(31-2)11-7-16)14-21-22(28)25-24(30)27(23(21)29)17-8-12-20(32-3)13-9-17/h4-14H,1-3H3,(H,25,28,30)/b21-14+. The fraction of sp³-hybridized carbons (Fsp3) is 0.125. The molecule has 0 atom stereocenters. The van der Waals surface area contributed by atoms with Gasteiger partial charge < -0.3 is 14.0 Å². The van der Waals surface area contributed by atoms with E-state index in [2.05, 4.69) is 5.32 Å². The highest BCUT2D eigenvalue weighted by Crippen LogP contribution is 2.26. The number of hydrogen-bond donors (Lipinski definition) is 1. The Kier molecular flexibility index (Phi) is 5.51. The van der Waals surface area contributed by atoms with Gasteiger partial charge in [0.05, 0.1) is 19.9 Å². The van der Waals surface area contributed by atoms with E-state index in [1.807, 2.05) is 41.8 Å². The molecule has 0 saturated carbocycles. The molecule has 8 nitrogen and oxygen atoms in total. The number of ether oxygens (including phenoxy) is 2. The van der Waals surface area contributed by atoms with Gasteiger partial charge in [-0.2, -0.15) is 0 Å². The first kappa shape index (κ1) is 20.9. The van der Waals surface area contributed by atoms with Crippen molar-refractivity contribution in [1.29, 1.82) is 0 Å². The van der Waals surface area contributed by atoms with Gasteiger partial charge in [0.15, 0.2) is 0 Å². The number of barbiturate groups is 1. The zero-order valence-corrected chi connectivity index (χ0v) is 17.8. The minimum atomic E-state index is -0.802. The van der Waals surface area contributed by atoms with Crippen molar-refractivity contribution in [2.24, 2.45) is 0 Å². The van der Waals surface area contributed by atoms with E-state index >= 15 is 0 Å². The molecule has 2 heterocycles. The van der Waals surface area contributed by atoms with Gasteiger partial charge in [0.2, 0.25) is 0 Å². The lowest BCUT2D eigenvalue weighted by Gasteiger charge is -2.26. The minimum absolute atomic E-state index is 0.145. The summed E-state index contributed by atoms with van der Waals surface area (Å²) in [5, 5.41) is 2.24. The van der Waals surface area contributed by atoms with Crippen molar-refractivity contribution in [3.63, 3.8) is 0 Å². The number of aryl methyl sites for hydroxylation is 1. The molecule has 8 heteroatoms. The number of nitrogens with zero attached hydrogens (tertiary/aromatic N) is 2. The van der Waals surface area contributed by atoms with Crippen LogP contribution in [0.4, 0.5) is 10.5 Å². The highest BCUT2D eigenvalue weighted by molar-refractivity contribution is 6.39. The van der Waals surface area contributed by atoms with Crippen molar-refractivity contribution in [2.45, 2.75) is 6.92 Å². The van der Waals surface area contributed by atoms with E-state index in [1.165, 1.54) is 13.2 Å². The number of anilines is 1. The third kappa shape index (κ3) is 3.74. The van der Waals surface area contributed by atoms with E-state index < -0.39 is 17.8 Å². The highest BCUT2D eigenvalue weighted by Gasteiger charge is 2.37. The zero-order chi connectivity index (χ0) is 22.8. The molecule has 0 unspecified atom stereocenters. The van der Waals surface area contributed by atoms with Crippen molar-refractivity contribution in [1.82, 2.24) is 9.88 Å². The van der Waals surface area contributed by atoms with E-state index in [4.69, 9.17) is 9.47 Å². The second kappa shape index (κ2) is 8.43. The lowest BCUT2D eigenvalue weighted by molar-refractivity contribution is -0.122. The van der Waals surface area contributed by atoms with Crippen LogP contribution in [0.25, 0.3) is 11.8 Å². The Morgan fingerprint density at radius 3 is 1.91 bits per heavy atom. The Bertz CT molecular complexity index is 1220. The smallest absolute Gasteiger partial charge is 0.335 e. The lowest BCUT2D eigenvalue weighted by Crippen LogP contribution is -2.54. The largest absolute Gasteiger partial charge is 0.497 e. The second-order valence-corrected chi connectivity index (χ2v) is 7.09. The first-order valence-corrected chi connectivity index (χ1v) is 9.81. The molecule has 32 heavy (non-hydrogen) atoms. The summed E-state index contributed by atoms with van der Waals surface area (Å²) in [6.07, 6.45) is 1.48. The molecule has 3 aromatic rings. The maximum absolute atomic E-state index is 13.2. The zero-order valence-electron chi connectivity index (χ0n) is 17.8. The summed E-state index contributed by atoms with van der Waals surface area (Å²) < 4.78 is 12.2. The topological polar surface area (TPSA) is 89.9 Å². The average Bonchev–Trinajstić information content (AvgIpc) is 3.17. The molecule has 1 aliphatic heterocycles. The monoisotopic (exact) mass is 431 g/mol. The Balaban J connectivity index is 1.74.